The number of hydrogen-bond acceptors (Lipinski definition) is 5. The average Bonchev–Trinajstić information content (AvgIpc) is 3.29. The van der Waals surface area contributed by atoms with Crippen LogP contribution in [0.25, 0.3) is 11.1 Å². The second kappa shape index (κ2) is 10.5. The molecule has 1 atom stereocenters. The molecule has 1 N–H and O–H groups in total. The van der Waals surface area contributed by atoms with Crippen molar-refractivity contribution in [2.45, 2.75) is 28.7 Å². The first kappa shape index (κ1) is 22.8. The number of nitriles is 1. The molecule has 0 saturated carbocycles. The van der Waals surface area contributed by atoms with Crippen LogP contribution >= 0.6 is 11.8 Å². The first-order valence-electron chi connectivity index (χ1n) is 10.7. The lowest BCUT2D eigenvalue weighted by Crippen LogP contribution is -2.38. The monoisotopic (exact) mass is 462 g/mol. The maximum Gasteiger partial charge on any atom is 0.320 e. The summed E-state index contributed by atoms with van der Waals surface area (Å²) in [6.45, 7) is 1.64. The molecular weight excluding hydrogens is 439 g/mol. The Morgan fingerprint density at radius 2 is 1.94 bits per heavy atom. The van der Waals surface area contributed by atoms with Crippen molar-refractivity contribution in [1.82, 2.24) is 4.90 Å². The van der Waals surface area contributed by atoms with Crippen LogP contribution in [0.3, 0.4) is 0 Å². The van der Waals surface area contributed by atoms with Crippen LogP contribution < -0.4 is 4.74 Å². The highest BCUT2D eigenvalue weighted by molar-refractivity contribution is 7.99. The van der Waals surface area contributed by atoms with Gasteiger partial charge in [0.25, 0.3) is 0 Å². The molecule has 33 heavy (non-hydrogen) atoms. The van der Waals surface area contributed by atoms with E-state index >= 15 is 0 Å². The third-order valence-corrected chi connectivity index (χ3v) is 6.63. The van der Waals surface area contributed by atoms with Crippen molar-refractivity contribution in [1.29, 1.82) is 5.26 Å². The number of carboxylic acids is 1. The number of carboxylic acid groups (broad SMARTS) is 1. The van der Waals surface area contributed by atoms with Gasteiger partial charge in [0.1, 0.15) is 24.2 Å². The number of aliphatic carboxylic acids is 1. The molecule has 0 unspecified atom stereocenters. The molecule has 168 valence electrons. The smallest absolute Gasteiger partial charge is 0.320 e. The first-order valence-corrected chi connectivity index (χ1v) is 11.5. The number of benzene rings is 3. The van der Waals surface area contributed by atoms with Crippen molar-refractivity contribution in [3.8, 4) is 22.9 Å². The maximum atomic E-state index is 13.7. The molecular formula is C26H23FN2O3S. The van der Waals surface area contributed by atoms with Crippen LogP contribution in [-0.4, -0.2) is 41.7 Å². The van der Waals surface area contributed by atoms with Crippen LogP contribution in [0.4, 0.5) is 4.39 Å². The number of nitrogens with zero attached hydrogens (tertiary/aromatic N) is 2. The molecule has 0 spiro atoms. The van der Waals surface area contributed by atoms with Gasteiger partial charge >= 0.3 is 5.97 Å². The number of likely N-dealkylation sites (tertiary alicyclic amines) is 1. The predicted octanol–water partition coefficient (Wildman–Crippen LogP) is 5.44. The van der Waals surface area contributed by atoms with Gasteiger partial charge in [0, 0.05) is 11.4 Å². The summed E-state index contributed by atoms with van der Waals surface area (Å²) in [7, 11) is 0. The van der Waals surface area contributed by atoms with E-state index in [0.29, 0.717) is 30.9 Å². The number of carbonyl (C=O) groups is 1. The van der Waals surface area contributed by atoms with Crippen molar-refractivity contribution >= 4 is 17.7 Å². The second-order valence-corrected chi connectivity index (χ2v) is 8.91. The van der Waals surface area contributed by atoms with E-state index in [0.717, 1.165) is 33.9 Å². The minimum Gasteiger partial charge on any atom is -0.491 e. The van der Waals surface area contributed by atoms with Gasteiger partial charge in [0.2, 0.25) is 0 Å². The van der Waals surface area contributed by atoms with E-state index in [4.69, 9.17) is 10.00 Å². The van der Waals surface area contributed by atoms with Crippen molar-refractivity contribution in [3.63, 3.8) is 0 Å². The lowest BCUT2D eigenvalue weighted by Gasteiger charge is -2.21. The van der Waals surface area contributed by atoms with E-state index in [9.17, 15) is 14.3 Å². The highest BCUT2D eigenvalue weighted by atomic mass is 32.2. The zero-order valence-corrected chi connectivity index (χ0v) is 18.7. The van der Waals surface area contributed by atoms with Crippen molar-refractivity contribution in [2.24, 2.45) is 0 Å². The molecule has 3 aromatic carbocycles. The Morgan fingerprint density at radius 1 is 1.15 bits per heavy atom. The summed E-state index contributed by atoms with van der Waals surface area (Å²) < 4.78 is 19.8. The summed E-state index contributed by atoms with van der Waals surface area (Å²) >= 11 is 1.41. The minimum atomic E-state index is -0.790. The first-order chi connectivity index (χ1) is 16.0. The summed E-state index contributed by atoms with van der Waals surface area (Å²) in [5, 5.41) is 18.4. The van der Waals surface area contributed by atoms with Crippen LogP contribution in [0, 0.1) is 17.1 Å². The number of halogens is 1. The topological polar surface area (TPSA) is 73.6 Å². The Hall–Kier alpha value is -3.34. The Kier molecular flexibility index (Phi) is 7.28. The Labute approximate surface area is 196 Å². The summed E-state index contributed by atoms with van der Waals surface area (Å²) in [5.41, 5.74) is 2.51. The maximum absolute atomic E-state index is 13.7. The van der Waals surface area contributed by atoms with Gasteiger partial charge in [-0.25, -0.2) is 4.39 Å². The van der Waals surface area contributed by atoms with Crippen molar-refractivity contribution in [2.75, 3.05) is 19.7 Å². The molecule has 0 amide bonds. The summed E-state index contributed by atoms with van der Waals surface area (Å²) in [6.07, 6.45) is 1.53. The van der Waals surface area contributed by atoms with E-state index in [1.54, 1.807) is 18.2 Å². The van der Waals surface area contributed by atoms with Gasteiger partial charge in [-0.1, -0.05) is 36.0 Å². The molecule has 5 nitrogen and oxygen atoms in total. The van der Waals surface area contributed by atoms with Crippen molar-refractivity contribution < 1.29 is 19.0 Å². The van der Waals surface area contributed by atoms with Gasteiger partial charge in [0.15, 0.2) is 0 Å². The van der Waals surface area contributed by atoms with Gasteiger partial charge in [-0.3, -0.25) is 9.69 Å². The van der Waals surface area contributed by atoms with E-state index in [2.05, 4.69) is 6.07 Å². The lowest BCUT2D eigenvalue weighted by atomic mass is 10.0. The molecule has 0 radical (unpaired) electrons. The van der Waals surface area contributed by atoms with E-state index in [1.165, 1.54) is 23.9 Å². The molecule has 1 fully saturated rings. The second-order valence-electron chi connectivity index (χ2n) is 7.79. The molecule has 1 heterocycles. The van der Waals surface area contributed by atoms with Crippen LogP contribution in [0.5, 0.6) is 5.75 Å². The lowest BCUT2D eigenvalue weighted by molar-refractivity contribution is -0.142. The molecule has 4 rings (SSSR count). The largest absolute Gasteiger partial charge is 0.491 e. The fourth-order valence-electron chi connectivity index (χ4n) is 3.93. The molecule has 3 aromatic rings. The SMILES string of the molecule is N#Cc1ccc(-c2ccc(OCCN3CCC[C@H]3C(=O)O)c(Sc3cccc(F)c3)c2)cc1. The van der Waals surface area contributed by atoms with E-state index < -0.39 is 12.0 Å². The van der Waals surface area contributed by atoms with Gasteiger partial charge in [-0.15, -0.1) is 0 Å². The number of rotatable bonds is 8. The Morgan fingerprint density at radius 3 is 2.67 bits per heavy atom. The predicted molar refractivity (Wildman–Crippen MR) is 125 cm³/mol. The quantitative estimate of drug-likeness (QED) is 0.480. The summed E-state index contributed by atoms with van der Waals surface area (Å²) in [5.74, 6) is -0.436. The highest BCUT2D eigenvalue weighted by Crippen LogP contribution is 2.38. The molecule has 1 saturated heterocycles. The molecule has 0 aromatic heterocycles. The Balaban J connectivity index is 1.55. The standard InChI is InChI=1S/C26H23FN2O3S/c27-21-3-1-4-22(16-21)33-25-15-20(19-8-6-18(17-28)7-9-19)10-11-24(25)32-14-13-29-12-2-5-23(29)26(30)31/h1,3-4,6-11,15-16,23H,2,5,12-14H2,(H,30,31)/t23-/m0/s1. The van der Waals surface area contributed by atoms with Crippen molar-refractivity contribution in [3.05, 3.63) is 78.1 Å². The van der Waals surface area contributed by atoms with Crippen LogP contribution in [0.15, 0.2) is 76.5 Å². The zero-order chi connectivity index (χ0) is 23.2. The minimum absolute atomic E-state index is 0.306. The molecule has 0 bridgehead atoms. The third kappa shape index (κ3) is 5.72. The fraction of sp³-hybridized carbons (Fsp3) is 0.231. The molecule has 0 aliphatic carbocycles. The summed E-state index contributed by atoms with van der Waals surface area (Å²) in [4.78, 5) is 14.9. The highest BCUT2D eigenvalue weighted by Gasteiger charge is 2.30. The number of hydrogen-bond donors (Lipinski definition) is 1. The van der Waals surface area contributed by atoms with Gasteiger partial charge in [0.05, 0.1) is 16.5 Å². The fourth-order valence-corrected chi connectivity index (χ4v) is 4.91. The molecule has 7 heteroatoms. The average molecular weight is 463 g/mol. The van der Waals surface area contributed by atoms with Crippen LogP contribution in [0.1, 0.15) is 18.4 Å². The number of ether oxygens (including phenoxy) is 1. The van der Waals surface area contributed by atoms with Crippen LogP contribution in [-0.2, 0) is 4.79 Å². The van der Waals surface area contributed by atoms with E-state index in [-0.39, 0.29) is 5.82 Å². The van der Waals surface area contributed by atoms with Crippen LogP contribution in [0.2, 0.25) is 0 Å². The Bertz CT molecular complexity index is 1180. The van der Waals surface area contributed by atoms with Gasteiger partial charge in [-0.05, 0) is 73.0 Å². The zero-order valence-electron chi connectivity index (χ0n) is 17.9. The molecule has 1 aliphatic heterocycles. The molecule has 1 aliphatic rings. The third-order valence-electron chi connectivity index (χ3n) is 5.60. The normalized spacial score (nSPS) is 15.8. The van der Waals surface area contributed by atoms with Gasteiger partial charge in [-0.2, -0.15) is 5.26 Å². The van der Waals surface area contributed by atoms with Gasteiger partial charge < -0.3 is 9.84 Å². The van der Waals surface area contributed by atoms with E-state index in [1.807, 2.05) is 41.3 Å². The summed E-state index contributed by atoms with van der Waals surface area (Å²) in [6, 6.07) is 21.2.